The van der Waals surface area contributed by atoms with E-state index >= 15 is 0 Å². The summed E-state index contributed by atoms with van der Waals surface area (Å²) >= 11 is 0. The molecule has 0 amide bonds. The summed E-state index contributed by atoms with van der Waals surface area (Å²) in [4.78, 5) is 0.121. The quantitative estimate of drug-likeness (QED) is 0.438. The number of nitrogens with one attached hydrogen (secondary N) is 1. The molecule has 1 atom stereocenters. The lowest BCUT2D eigenvalue weighted by molar-refractivity contribution is 0.0573. The number of hydrogen-bond donors (Lipinski definition) is 1. The first-order valence-electron chi connectivity index (χ1n) is 9.62. The van der Waals surface area contributed by atoms with Crippen molar-refractivity contribution < 1.29 is 30.5 Å². The third-order valence-electron chi connectivity index (χ3n) is 5.08. The predicted molar refractivity (Wildman–Crippen MR) is 116 cm³/mol. The van der Waals surface area contributed by atoms with Crippen LogP contribution >= 0.6 is 0 Å². The standard InChI is InChI=1S/C21H18N2O7S2/c1-31(24,25)29-12-14-11-28-17-10-9-16-19(20(17)30-14)21(23-22-16)32(26,27)18-8-4-6-13-5-2-3-7-15(13)18/h2-10,14H,11-12H2,1H3,(H,22,23). The number of fused-ring (bicyclic) bond motifs is 4. The maximum atomic E-state index is 13.7. The SMILES string of the molecule is CS(=O)(=O)OCC1COc2ccc3[nH]nc(S(=O)(=O)c4cccc5ccccc45)c3c2O1. The summed E-state index contributed by atoms with van der Waals surface area (Å²) in [6.07, 6.45) is 0.194. The number of aromatic amines is 1. The Balaban J connectivity index is 1.64. The monoisotopic (exact) mass is 474 g/mol. The molecule has 0 bridgehead atoms. The summed E-state index contributed by atoms with van der Waals surface area (Å²) in [5.74, 6) is 0.507. The molecule has 2 heterocycles. The van der Waals surface area contributed by atoms with Gasteiger partial charge in [-0.3, -0.25) is 9.28 Å². The Bertz CT molecular complexity index is 1550. The van der Waals surface area contributed by atoms with Crippen LogP contribution in [-0.2, 0) is 24.1 Å². The number of rotatable bonds is 5. The lowest BCUT2D eigenvalue weighted by atomic mass is 10.1. The number of sulfone groups is 1. The maximum absolute atomic E-state index is 13.7. The Morgan fingerprint density at radius 1 is 1.06 bits per heavy atom. The fourth-order valence-corrected chi connectivity index (χ4v) is 5.64. The van der Waals surface area contributed by atoms with Gasteiger partial charge >= 0.3 is 0 Å². The van der Waals surface area contributed by atoms with Gasteiger partial charge in [0, 0.05) is 5.39 Å². The Morgan fingerprint density at radius 3 is 2.66 bits per heavy atom. The smallest absolute Gasteiger partial charge is 0.264 e. The first kappa shape index (κ1) is 20.7. The van der Waals surface area contributed by atoms with E-state index in [0.29, 0.717) is 16.7 Å². The zero-order chi connectivity index (χ0) is 22.5. The average Bonchev–Trinajstić information content (AvgIpc) is 3.22. The zero-order valence-corrected chi connectivity index (χ0v) is 18.4. The molecule has 0 saturated heterocycles. The van der Waals surface area contributed by atoms with Gasteiger partial charge in [0.1, 0.15) is 13.2 Å². The fourth-order valence-electron chi connectivity index (χ4n) is 3.66. The zero-order valence-electron chi connectivity index (χ0n) is 16.8. The molecule has 4 aromatic rings. The highest BCUT2D eigenvalue weighted by Crippen LogP contribution is 2.42. The first-order valence-corrected chi connectivity index (χ1v) is 12.9. The Labute approximate surface area is 184 Å². The molecule has 3 aromatic carbocycles. The molecule has 0 radical (unpaired) electrons. The van der Waals surface area contributed by atoms with Crippen LogP contribution in [0.2, 0.25) is 0 Å². The van der Waals surface area contributed by atoms with E-state index in [0.717, 1.165) is 11.6 Å². The average molecular weight is 475 g/mol. The van der Waals surface area contributed by atoms with E-state index < -0.39 is 26.1 Å². The molecule has 1 aliphatic rings. The topological polar surface area (TPSA) is 125 Å². The third kappa shape index (κ3) is 3.57. The minimum Gasteiger partial charge on any atom is -0.486 e. The summed E-state index contributed by atoms with van der Waals surface area (Å²) in [5.41, 5.74) is 0.441. The lowest BCUT2D eigenvalue weighted by Crippen LogP contribution is -2.34. The predicted octanol–water partition coefficient (Wildman–Crippen LogP) is 2.66. The highest BCUT2D eigenvalue weighted by atomic mass is 32.2. The highest BCUT2D eigenvalue weighted by Gasteiger charge is 2.32. The van der Waals surface area contributed by atoms with Gasteiger partial charge in [-0.25, -0.2) is 8.42 Å². The Hall–Kier alpha value is -3.15. The molecular formula is C21H18N2O7S2. The summed E-state index contributed by atoms with van der Waals surface area (Å²) in [6.45, 7) is -0.213. The van der Waals surface area contributed by atoms with Gasteiger partial charge in [-0.2, -0.15) is 13.5 Å². The van der Waals surface area contributed by atoms with Crippen LogP contribution in [0, 0.1) is 0 Å². The van der Waals surface area contributed by atoms with Crippen molar-refractivity contribution in [2.24, 2.45) is 0 Å². The molecule has 5 rings (SSSR count). The fraction of sp³-hybridized carbons (Fsp3) is 0.190. The summed E-state index contributed by atoms with van der Waals surface area (Å²) in [5, 5.41) is 8.23. The van der Waals surface area contributed by atoms with Gasteiger partial charge in [-0.1, -0.05) is 36.4 Å². The van der Waals surface area contributed by atoms with Crippen LogP contribution in [0.4, 0.5) is 0 Å². The van der Waals surface area contributed by atoms with Crippen LogP contribution in [0.15, 0.2) is 64.5 Å². The van der Waals surface area contributed by atoms with E-state index in [-0.39, 0.29) is 34.3 Å². The van der Waals surface area contributed by atoms with Gasteiger partial charge in [0.25, 0.3) is 10.1 Å². The van der Waals surface area contributed by atoms with Crippen molar-refractivity contribution in [2.75, 3.05) is 19.5 Å². The molecule has 9 nitrogen and oxygen atoms in total. The molecule has 32 heavy (non-hydrogen) atoms. The Kier molecular flexibility index (Phi) is 4.84. The molecule has 0 fully saturated rings. The summed E-state index contributed by atoms with van der Waals surface area (Å²) < 4.78 is 66.4. The van der Waals surface area contributed by atoms with Crippen molar-refractivity contribution in [1.29, 1.82) is 0 Å². The largest absolute Gasteiger partial charge is 0.486 e. The van der Waals surface area contributed by atoms with Gasteiger partial charge in [0.15, 0.2) is 22.6 Å². The molecular weight excluding hydrogens is 456 g/mol. The molecule has 0 aliphatic carbocycles. The Morgan fingerprint density at radius 2 is 1.84 bits per heavy atom. The second kappa shape index (κ2) is 7.47. The lowest BCUT2D eigenvalue weighted by Gasteiger charge is -2.26. The number of aromatic nitrogens is 2. The summed E-state index contributed by atoms with van der Waals surface area (Å²) in [7, 11) is -7.71. The van der Waals surface area contributed by atoms with Crippen molar-refractivity contribution in [1.82, 2.24) is 10.2 Å². The van der Waals surface area contributed by atoms with Crippen LogP contribution in [0.3, 0.4) is 0 Å². The molecule has 166 valence electrons. The van der Waals surface area contributed by atoms with Gasteiger partial charge in [-0.15, -0.1) is 0 Å². The van der Waals surface area contributed by atoms with Gasteiger partial charge < -0.3 is 9.47 Å². The van der Waals surface area contributed by atoms with Crippen LogP contribution < -0.4 is 9.47 Å². The van der Waals surface area contributed by atoms with Crippen molar-refractivity contribution in [3.05, 3.63) is 54.6 Å². The van der Waals surface area contributed by atoms with Crippen LogP contribution in [-0.4, -0.2) is 52.6 Å². The van der Waals surface area contributed by atoms with Gasteiger partial charge in [0.2, 0.25) is 9.84 Å². The van der Waals surface area contributed by atoms with E-state index in [1.807, 2.05) is 18.2 Å². The molecule has 11 heteroatoms. The second-order valence-electron chi connectivity index (χ2n) is 7.36. The minimum absolute atomic E-state index is 0.0529. The molecule has 1 N–H and O–H groups in total. The van der Waals surface area contributed by atoms with Crippen molar-refractivity contribution in [3.8, 4) is 11.5 Å². The molecule has 1 aromatic heterocycles. The first-order chi connectivity index (χ1) is 15.2. The molecule has 1 unspecified atom stereocenters. The molecule has 0 saturated carbocycles. The van der Waals surface area contributed by atoms with Crippen molar-refractivity contribution in [3.63, 3.8) is 0 Å². The number of hydrogen-bond acceptors (Lipinski definition) is 8. The van der Waals surface area contributed by atoms with E-state index in [1.54, 1.807) is 30.3 Å². The minimum atomic E-state index is -4.04. The van der Waals surface area contributed by atoms with E-state index in [1.165, 1.54) is 6.07 Å². The van der Waals surface area contributed by atoms with Crippen molar-refractivity contribution >= 4 is 41.6 Å². The van der Waals surface area contributed by atoms with Gasteiger partial charge in [0.05, 0.1) is 22.1 Å². The number of ether oxygens (including phenoxy) is 2. The van der Waals surface area contributed by atoms with E-state index in [2.05, 4.69) is 10.2 Å². The summed E-state index contributed by atoms with van der Waals surface area (Å²) in [6, 6.07) is 15.5. The maximum Gasteiger partial charge on any atom is 0.264 e. The van der Waals surface area contributed by atoms with E-state index in [9.17, 15) is 16.8 Å². The van der Waals surface area contributed by atoms with Crippen molar-refractivity contribution in [2.45, 2.75) is 16.0 Å². The van der Waals surface area contributed by atoms with Crippen LogP contribution in [0.1, 0.15) is 0 Å². The molecule has 0 spiro atoms. The van der Waals surface area contributed by atoms with E-state index in [4.69, 9.17) is 13.7 Å². The number of nitrogens with zero attached hydrogens (tertiary/aromatic N) is 1. The highest BCUT2D eigenvalue weighted by molar-refractivity contribution is 7.91. The normalized spacial score (nSPS) is 16.5. The van der Waals surface area contributed by atoms with Crippen LogP contribution in [0.25, 0.3) is 21.7 Å². The van der Waals surface area contributed by atoms with Crippen LogP contribution in [0.5, 0.6) is 11.5 Å². The molecule has 1 aliphatic heterocycles. The third-order valence-corrected chi connectivity index (χ3v) is 7.39. The second-order valence-corrected chi connectivity index (χ2v) is 10.8. The number of benzene rings is 3. The van der Waals surface area contributed by atoms with Gasteiger partial charge in [-0.05, 0) is 23.6 Å². The number of H-pyrrole nitrogens is 1.